The van der Waals surface area contributed by atoms with E-state index >= 15 is 0 Å². The number of benzene rings is 2. The van der Waals surface area contributed by atoms with Crippen molar-refractivity contribution in [3.63, 3.8) is 0 Å². The molecule has 0 spiro atoms. The van der Waals surface area contributed by atoms with Gasteiger partial charge in [0.05, 0.1) is 37.4 Å². The van der Waals surface area contributed by atoms with E-state index in [1.54, 1.807) is 55.4 Å². The van der Waals surface area contributed by atoms with E-state index in [2.05, 4.69) is 38.7 Å². The van der Waals surface area contributed by atoms with E-state index in [1.165, 1.54) is 17.2 Å². The fraction of sp³-hybridized carbons (Fsp3) is 0.325. The van der Waals surface area contributed by atoms with E-state index in [4.69, 9.17) is 21.7 Å². The number of nitriles is 1. The molecule has 0 bridgehead atoms. The smallest absolute Gasteiger partial charge is 0.265 e. The maximum atomic E-state index is 13.4. The van der Waals surface area contributed by atoms with Gasteiger partial charge in [-0.15, -0.1) is 0 Å². The Labute approximate surface area is 309 Å². The number of ether oxygens (including phenoxy) is 2. The molecule has 1 fully saturated rings. The topological polar surface area (TPSA) is 132 Å². The monoisotopic (exact) mass is 718 g/mol. The lowest BCUT2D eigenvalue weighted by atomic mass is 9.89. The Bertz CT molecular complexity index is 2150. The first kappa shape index (κ1) is 36.6. The maximum absolute atomic E-state index is 13.4. The van der Waals surface area contributed by atoms with Crippen LogP contribution in [0, 0.1) is 11.3 Å². The molecule has 4 aromatic rings. The predicted octanol–water partition coefficient (Wildman–Crippen LogP) is 3.96. The van der Waals surface area contributed by atoms with Gasteiger partial charge in [0.1, 0.15) is 23.1 Å². The number of allylic oxidation sites excluding steroid dienone is 2. The number of amides is 1. The van der Waals surface area contributed by atoms with Crippen molar-refractivity contribution in [2.75, 3.05) is 46.9 Å². The van der Waals surface area contributed by atoms with Crippen LogP contribution < -0.4 is 20.8 Å². The highest BCUT2D eigenvalue weighted by Crippen LogP contribution is 2.38. The lowest BCUT2D eigenvalue weighted by Crippen LogP contribution is -2.45. The third-order valence-electron chi connectivity index (χ3n) is 10.2. The Kier molecular flexibility index (Phi) is 11.3. The minimum absolute atomic E-state index is 0.0364. The van der Waals surface area contributed by atoms with Gasteiger partial charge in [0, 0.05) is 88.0 Å². The molecular formula is C40H44N7O4S+. The van der Waals surface area contributed by atoms with Crippen LogP contribution in [0.2, 0.25) is 0 Å². The molecule has 6 rings (SSSR count). The standard InChI is InChI=1S/C40H43N7O4S/c1-26-31-7-5-6-27(32(31)10-13-47(26)39(48)29(21-42)18-30(52)8-11-41)23-45-14-16-46(17-15-45)25-36-37(50-3)19-28(20-38(36)51-4)35-24-44(2)40(49)34-22-43-12-9-33(34)35/h5-9,11-12,18-20,22,24,26H,10,13-17,23,25,41H2,1-4H3/p+1/b11-8-,29-18-. The maximum Gasteiger partial charge on any atom is 0.265 e. The molecule has 1 saturated heterocycles. The molecule has 11 nitrogen and oxygen atoms in total. The molecule has 1 amide bonds. The van der Waals surface area contributed by atoms with Crippen molar-refractivity contribution >= 4 is 33.8 Å². The Balaban J connectivity index is 1.14. The van der Waals surface area contributed by atoms with E-state index in [0.29, 0.717) is 23.3 Å². The molecule has 1 atom stereocenters. The van der Waals surface area contributed by atoms with E-state index in [1.807, 2.05) is 37.4 Å². The number of pyridine rings is 2. The summed E-state index contributed by atoms with van der Waals surface area (Å²) in [5, 5.41) is 11.1. The molecule has 2 aliphatic rings. The SMILES string of the molecule is COc1cc(-c2cn(C)c(=O)c3cnccc23)cc(OC)c1CN1CCN(Cc2cccc3c2CCN(C(=O)/C(C#N)=C\C(=S)/C=C\[NH3+])C3C)CC1. The highest BCUT2D eigenvalue weighted by molar-refractivity contribution is 7.81. The molecule has 12 heteroatoms. The van der Waals surface area contributed by atoms with Gasteiger partial charge in [0.15, 0.2) is 0 Å². The van der Waals surface area contributed by atoms with Crippen molar-refractivity contribution < 1.29 is 20.0 Å². The van der Waals surface area contributed by atoms with E-state index in [-0.39, 0.29) is 23.1 Å². The first-order valence-corrected chi connectivity index (χ1v) is 17.7. The van der Waals surface area contributed by atoms with E-state index in [9.17, 15) is 14.9 Å². The molecule has 2 aromatic carbocycles. The number of methoxy groups -OCH3 is 2. The third kappa shape index (κ3) is 7.40. The molecule has 4 heterocycles. The van der Waals surface area contributed by atoms with Crippen molar-refractivity contribution in [2.45, 2.75) is 32.5 Å². The summed E-state index contributed by atoms with van der Waals surface area (Å²) in [6.07, 6.45) is 10.5. The van der Waals surface area contributed by atoms with Gasteiger partial charge >= 0.3 is 0 Å². The summed E-state index contributed by atoms with van der Waals surface area (Å²) in [4.78, 5) is 37.4. The lowest BCUT2D eigenvalue weighted by molar-refractivity contribution is -0.274. The molecule has 268 valence electrons. The van der Waals surface area contributed by atoms with E-state index < -0.39 is 0 Å². The van der Waals surface area contributed by atoms with Crippen LogP contribution in [0.3, 0.4) is 0 Å². The number of carbonyl (C=O) groups excluding carboxylic acids is 1. The molecule has 3 N–H and O–H groups in total. The summed E-state index contributed by atoms with van der Waals surface area (Å²) in [6.45, 7) is 7.65. The molecule has 0 radical (unpaired) electrons. The molecule has 0 saturated carbocycles. The number of hydrogen-bond donors (Lipinski definition) is 1. The number of hydrogen-bond acceptors (Lipinski definition) is 9. The van der Waals surface area contributed by atoms with Gasteiger partial charge in [-0.2, -0.15) is 5.26 Å². The Morgan fingerprint density at radius 1 is 1.06 bits per heavy atom. The fourth-order valence-electron chi connectivity index (χ4n) is 7.38. The summed E-state index contributed by atoms with van der Waals surface area (Å²) >= 11 is 5.25. The summed E-state index contributed by atoms with van der Waals surface area (Å²) in [6, 6.07) is 14.2. The van der Waals surface area contributed by atoms with Crippen LogP contribution in [0.15, 0.2) is 83.7 Å². The number of quaternary nitrogens is 1. The summed E-state index contributed by atoms with van der Waals surface area (Å²) < 4.78 is 13.5. The normalized spacial score (nSPS) is 16.9. The van der Waals surface area contributed by atoms with Gasteiger partial charge in [-0.1, -0.05) is 30.4 Å². The predicted molar refractivity (Wildman–Crippen MR) is 205 cm³/mol. The summed E-state index contributed by atoms with van der Waals surface area (Å²) in [5.41, 5.74) is 10.1. The second-order valence-corrected chi connectivity index (χ2v) is 13.6. The summed E-state index contributed by atoms with van der Waals surface area (Å²) in [7, 11) is 5.10. The number of fused-ring (bicyclic) bond motifs is 2. The van der Waals surface area contributed by atoms with Gasteiger partial charge in [-0.25, -0.2) is 0 Å². The second kappa shape index (κ2) is 16.0. The van der Waals surface area contributed by atoms with Crippen LogP contribution in [0.25, 0.3) is 21.9 Å². The largest absolute Gasteiger partial charge is 0.496 e. The van der Waals surface area contributed by atoms with Gasteiger partial charge in [-0.3, -0.25) is 24.4 Å². The summed E-state index contributed by atoms with van der Waals surface area (Å²) in [5.74, 6) is 1.17. The first-order chi connectivity index (χ1) is 25.2. The van der Waals surface area contributed by atoms with Crippen molar-refractivity contribution in [1.82, 2.24) is 24.3 Å². The number of nitrogens with zero attached hydrogens (tertiary/aromatic N) is 6. The van der Waals surface area contributed by atoms with Crippen molar-refractivity contribution in [1.29, 1.82) is 5.26 Å². The quantitative estimate of drug-likeness (QED) is 0.147. The molecule has 52 heavy (non-hydrogen) atoms. The number of aryl methyl sites for hydroxylation is 1. The van der Waals surface area contributed by atoms with Crippen LogP contribution >= 0.6 is 12.2 Å². The van der Waals surface area contributed by atoms with Gasteiger partial charge in [0.25, 0.3) is 11.5 Å². The average Bonchev–Trinajstić information content (AvgIpc) is 3.16. The molecule has 2 aliphatic heterocycles. The average molecular weight is 719 g/mol. The number of aromatic nitrogens is 2. The minimum Gasteiger partial charge on any atom is -0.496 e. The number of piperazine rings is 1. The van der Waals surface area contributed by atoms with Crippen LogP contribution in [-0.4, -0.2) is 82.0 Å². The Morgan fingerprint density at radius 2 is 1.75 bits per heavy atom. The van der Waals surface area contributed by atoms with Crippen LogP contribution in [0.5, 0.6) is 11.5 Å². The molecule has 2 aromatic heterocycles. The van der Waals surface area contributed by atoms with E-state index in [0.717, 1.165) is 78.3 Å². The zero-order valence-electron chi connectivity index (χ0n) is 30.1. The fourth-order valence-corrected chi connectivity index (χ4v) is 7.59. The molecular weight excluding hydrogens is 675 g/mol. The second-order valence-electron chi connectivity index (χ2n) is 13.2. The Morgan fingerprint density at radius 3 is 2.40 bits per heavy atom. The minimum atomic E-state index is -0.303. The van der Waals surface area contributed by atoms with Crippen LogP contribution in [0.4, 0.5) is 0 Å². The highest BCUT2D eigenvalue weighted by Gasteiger charge is 2.31. The first-order valence-electron chi connectivity index (χ1n) is 17.3. The number of rotatable bonds is 10. The lowest BCUT2D eigenvalue weighted by Gasteiger charge is -2.38. The number of carbonyl (C=O) groups is 1. The van der Waals surface area contributed by atoms with Crippen molar-refractivity contribution in [2.24, 2.45) is 7.05 Å². The zero-order chi connectivity index (χ0) is 36.9. The van der Waals surface area contributed by atoms with Crippen LogP contribution in [-0.2, 0) is 31.4 Å². The van der Waals surface area contributed by atoms with Gasteiger partial charge in [-0.05, 0) is 65.3 Å². The zero-order valence-corrected chi connectivity index (χ0v) is 30.9. The van der Waals surface area contributed by atoms with Gasteiger partial charge < -0.3 is 24.7 Å². The van der Waals surface area contributed by atoms with Crippen LogP contribution in [0.1, 0.15) is 35.2 Å². The molecule has 1 unspecified atom stereocenters. The van der Waals surface area contributed by atoms with Crippen molar-refractivity contribution in [3.8, 4) is 28.7 Å². The third-order valence-corrected chi connectivity index (χ3v) is 10.4. The Hall–Kier alpha value is -5.19. The highest BCUT2D eigenvalue weighted by atomic mass is 32.1. The van der Waals surface area contributed by atoms with Crippen molar-refractivity contribution in [3.05, 3.63) is 112 Å². The van der Waals surface area contributed by atoms with Gasteiger partial charge in [0.2, 0.25) is 0 Å². The number of thiocarbonyl (C=S) groups is 1. The molecule has 0 aliphatic carbocycles.